The van der Waals surface area contributed by atoms with E-state index in [9.17, 15) is 9.18 Å². The number of β-lactam (4-membered cyclic amide) rings is 1. The molecule has 1 saturated heterocycles. The minimum Gasteiger partial charge on any atom is -0.327 e. The maximum Gasteiger partial charge on any atom is 0.260 e. The molecule has 1 aromatic rings. The van der Waals surface area contributed by atoms with Crippen molar-refractivity contribution in [2.75, 3.05) is 0 Å². The van der Waals surface area contributed by atoms with Crippen LogP contribution in [-0.2, 0) is 4.79 Å². The molecule has 0 bridgehead atoms. The first-order valence-corrected chi connectivity index (χ1v) is 5.14. The van der Waals surface area contributed by atoms with E-state index in [0.29, 0.717) is 0 Å². The van der Waals surface area contributed by atoms with Crippen LogP contribution in [-0.4, -0.2) is 23.0 Å². The van der Waals surface area contributed by atoms with E-state index in [1.165, 1.54) is 0 Å². The molecule has 0 aliphatic carbocycles. The lowest BCUT2D eigenvalue weighted by Crippen LogP contribution is -2.59. The van der Waals surface area contributed by atoms with Crippen LogP contribution in [0.3, 0.4) is 0 Å². The summed E-state index contributed by atoms with van der Waals surface area (Å²) in [4.78, 5) is 12.9. The SMILES string of the molecule is CC(C)N1C(=O)[C@H](F)[C@H]1c1ccccc1. The average Bonchev–Trinajstić information content (AvgIpc) is 2.25. The zero-order valence-corrected chi connectivity index (χ0v) is 8.85. The Hall–Kier alpha value is -1.38. The maximum atomic E-state index is 13.5. The fraction of sp³-hybridized carbons (Fsp3) is 0.417. The number of nitrogens with zero attached hydrogens (tertiary/aromatic N) is 1. The van der Waals surface area contributed by atoms with Gasteiger partial charge in [-0.1, -0.05) is 30.3 Å². The fourth-order valence-corrected chi connectivity index (χ4v) is 2.03. The minimum atomic E-state index is -1.37. The highest BCUT2D eigenvalue weighted by molar-refractivity contribution is 5.89. The highest BCUT2D eigenvalue weighted by Crippen LogP contribution is 2.38. The van der Waals surface area contributed by atoms with E-state index in [1.807, 2.05) is 44.2 Å². The zero-order chi connectivity index (χ0) is 11.0. The number of halogens is 1. The van der Waals surface area contributed by atoms with Gasteiger partial charge in [-0.25, -0.2) is 4.39 Å². The number of rotatable bonds is 2. The Labute approximate surface area is 88.7 Å². The van der Waals surface area contributed by atoms with Gasteiger partial charge < -0.3 is 4.90 Å². The first-order valence-electron chi connectivity index (χ1n) is 5.14. The number of hydrogen-bond acceptors (Lipinski definition) is 1. The Bertz CT molecular complexity index is 363. The van der Waals surface area contributed by atoms with Crippen LogP contribution in [0.25, 0.3) is 0 Å². The summed E-state index contributed by atoms with van der Waals surface area (Å²) in [6, 6.07) is 9.00. The number of benzene rings is 1. The monoisotopic (exact) mass is 207 g/mol. The number of carbonyl (C=O) groups is 1. The smallest absolute Gasteiger partial charge is 0.260 e. The predicted molar refractivity (Wildman–Crippen MR) is 56.1 cm³/mol. The molecule has 2 rings (SSSR count). The molecule has 0 spiro atoms. The summed E-state index contributed by atoms with van der Waals surface area (Å²) in [5.41, 5.74) is 0.873. The summed E-state index contributed by atoms with van der Waals surface area (Å²) in [6.45, 7) is 3.80. The third-order valence-electron chi connectivity index (χ3n) is 2.76. The van der Waals surface area contributed by atoms with Crippen LogP contribution in [0.2, 0.25) is 0 Å². The zero-order valence-electron chi connectivity index (χ0n) is 8.85. The summed E-state index contributed by atoms with van der Waals surface area (Å²) < 4.78 is 13.5. The predicted octanol–water partition coefficient (Wildman–Crippen LogP) is 2.32. The normalized spacial score (nSPS) is 25.6. The average molecular weight is 207 g/mol. The van der Waals surface area contributed by atoms with Crippen LogP contribution in [0.4, 0.5) is 4.39 Å². The number of likely N-dealkylation sites (tertiary alicyclic amines) is 1. The molecule has 0 radical (unpaired) electrons. The van der Waals surface area contributed by atoms with Crippen LogP contribution in [0, 0.1) is 0 Å². The Morgan fingerprint density at radius 3 is 2.40 bits per heavy atom. The second-order valence-corrected chi connectivity index (χ2v) is 4.10. The van der Waals surface area contributed by atoms with Gasteiger partial charge in [0.1, 0.15) is 0 Å². The molecular weight excluding hydrogens is 193 g/mol. The molecule has 0 saturated carbocycles. The van der Waals surface area contributed by atoms with E-state index in [2.05, 4.69) is 0 Å². The van der Waals surface area contributed by atoms with Crippen molar-refractivity contribution >= 4 is 5.91 Å². The highest BCUT2D eigenvalue weighted by Gasteiger charge is 2.49. The van der Waals surface area contributed by atoms with Crippen LogP contribution >= 0.6 is 0 Å². The third kappa shape index (κ3) is 1.52. The molecule has 1 aliphatic heterocycles. The molecule has 1 fully saturated rings. The molecule has 1 amide bonds. The van der Waals surface area contributed by atoms with Gasteiger partial charge in [0.15, 0.2) is 0 Å². The largest absolute Gasteiger partial charge is 0.327 e. The second-order valence-electron chi connectivity index (χ2n) is 4.10. The van der Waals surface area contributed by atoms with E-state index < -0.39 is 12.2 Å². The van der Waals surface area contributed by atoms with Crippen molar-refractivity contribution in [3.8, 4) is 0 Å². The number of alkyl halides is 1. The van der Waals surface area contributed by atoms with Gasteiger partial charge in [0.05, 0.1) is 6.04 Å². The van der Waals surface area contributed by atoms with Crippen molar-refractivity contribution in [3.05, 3.63) is 35.9 Å². The molecule has 0 unspecified atom stereocenters. The Morgan fingerprint density at radius 2 is 1.87 bits per heavy atom. The van der Waals surface area contributed by atoms with Crippen LogP contribution in [0.15, 0.2) is 30.3 Å². The molecule has 15 heavy (non-hydrogen) atoms. The summed E-state index contributed by atoms with van der Waals surface area (Å²) in [6.07, 6.45) is -1.37. The first-order chi connectivity index (χ1) is 7.13. The van der Waals surface area contributed by atoms with Crippen LogP contribution in [0.5, 0.6) is 0 Å². The van der Waals surface area contributed by atoms with E-state index in [4.69, 9.17) is 0 Å². The number of amides is 1. The van der Waals surface area contributed by atoms with E-state index >= 15 is 0 Å². The molecule has 2 nitrogen and oxygen atoms in total. The Morgan fingerprint density at radius 1 is 1.27 bits per heavy atom. The second kappa shape index (κ2) is 3.65. The summed E-state index contributed by atoms with van der Waals surface area (Å²) in [5.74, 6) is -0.390. The van der Waals surface area contributed by atoms with E-state index in [0.717, 1.165) is 5.56 Å². The van der Waals surface area contributed by atoms with Crippen molar-refractivity contribution in [2.24, 2.45) is 0 Å². The van der Waals surface area contributed by atoms with Crippen molar-refractivity contribution in [3.63, 3.8) is 0 Å². The first kappa shape index (κ1) is 10.1. The summed E-state index contributed by atoms with van der Waals surface area (Å²) >= 11 is 0. The summed E-state index contributed by atoms with van der Waals surface area (Å²) in [7, 11) is 0. The molecule has 2 atom stereocenters. The molecule has 0 aromatic heterocycles. The summed E-state index contributed by atoms with van der Waals surface area (Å²) in [5, 5.41) is 0. The lowest BCUT2D eigenvalue weighted by molar-refractivity contribution is -0.162. The molecule has 80 valence electrons. The molecule has 3 heteroatoms. The van der Waals surface area contributed by atoms with Crippen LogP contribution in [0.1, 0.15) is 25.5 Å². The number of hydrogen-bond donors (Lipinski definition) is 0. The molecule has 0 N–H and O–H groups in total. The highest BCUT2D eigenvalue weighted by atomic mass is 19.1. The Balaban J connectivity index is 2.26. The molecule has 1 heterocycles. The molecular formula is C12H14FNO. The molecule has 1 aromatic carbocycles. The quantitative estimate of drug-likeness (QED) is 0.681. The fourth-order valence-electron chi connectivity index (χ4n) is 2.03. The van der Waals surface area contributed by atoms with E-state index in [-0.39, 0.29) is 11.9 Å². The van der Waals surface area contributed by atoms with Gasteiger partial charge >= 0.3 is 0 Å². The van der Waals surface area contributed by atoms with Gasteiger partial charge in [0.2, 0.25) is 6.17 Å². The topological polar surface area (TPSA) is 20.3 Å². The molecule has 1 aliphatic rings. The maximum absolute atomic E-state index is 13.5. The van der Waals surface area contributed by atoms with Crippen LogP contribution < -0.4 is 0 Å². The van der Waals surface area contributed by atoms with Crippen molar-refractivity contribution in [1.29, 1.82) is 0 Å². The van der Waals surface area contributed by atoms with E-state index in [1.54, 1.807) is 4.90 Å². The van der Waals surface area contributed by atoms with Gasteiger partial charge in [-0.15, -0.1) is 0 Å². The van der Waals surface area contributed by atoms with Gasteiger partial charge in [-0.05, 0) is 19.4 Å². The Kier molecular flexibility index (Phi) is 2.47. The van der Waals surface area contributed by atoms with Gasteiger partial charge in [0.25, 0.3) is 5.91 Å². The van der Waals surface area contributed by atoms with Gasteiger partial charge in [-0.3, -0.25) is 4.79 Å². The van der Waals surface area contributed by atoms with Gasteiger partial charge in [0, 0.05) is 6.04 Å². The van der Waals surface area contributed by atoms with Crippen molar-refractivity contribution in [2.45, 2.75) is 32.1 Å². The third-order valence-corrected chi connectivity index (χ3v) is 2.76. The number of carbonyl (C=O) groups excluding carboxylic acids is 1. The minimum absolute atomic E-state index is 0.0507. The lowest BCUT2D eigenvalue weighted by Gasteiger charge is -2.46. The standard InChI is InChI=1S/C12H14FNO/c1-8(2)14-11(10(13)12(14)15)9-6-4-3-5-7-9/h3-8,10-11H,1-2H3/t10-,11-/m1/s1. The van der Waals surface area contributed by atoms with Gasteiger partial charge in [-0.2, -0.15) is 0 Å². The van der Waals surface area contributed by atoms with Crippen molar-refractivity contribution in [1.82, 2.24) is 4.90 Å². The van der Waals surface area contributed by atoms with Crippen molar-refractivity contribution < 1.29 is 9.18 Å². The lowest BCUT2D eigenvalue weighted by atomic mass is 9.90.